The molecule has 1 heterocycles. The van der Waals surface area contributed by atoms with Gasteiger partial charge in [0.1, 0.15) is 0 Å². The quantitative estimate of drug-likeness (QED) is 0.872. The number of hydrogen-bond donors (Lipinski definition) is 1. The normalized spacial score (nSPS) is 11.8. The summed E-state index contributed by atoms with van der Waals surface area (Å²) in [7, 11) is 0. The number of thioether (sulfide) groups is 1. The van der Waals surface area contributed by atoms with Crippen LogP contribution in [0.5, 0.6) is 0 Å². The third-order valence-electron chi connectivity index (χ3n) is 2.66. The highest BCUT2D eigenvalue weighted by Crippen LogP contribution is 2.18. The molecule has 0 unspecified atom stereocenters. The van der Waals surface area contributed by atoms with Gasteiger partial charge in [-0.15, -0.1) is 16.9 Å². The molecule has 0 amide bonds. The second kappa shape index (κ2) is 5.75. The maximum atomic E-state index is 4.19. The molecule has 1 aromatic heterocycles. The number of rotatable bonds is 4. The number of nitrogens with one attached hydrogen (secondary N) is 1. The van der Waals surface area contributed by atoms with Crippen molar-refractivity contribution >= 4 is 11.8 Å². The van der Waals surface area contributed by atoms with Crippen LogP contribution < -0.4 is 5.32 Å². The molecule has 0 aliphatic rings. The molecule has 0 spiro atoms. The predicted octanol–water partition coefficient (Wildman–Crippen LogP) is 2.88. The summed E-state index contributed by atoms with van der Waals surface area (Å²) in [6.07, 6.45) is 4.04. The van der Waals surface area contributed by atoms with Gasteiger partial charge in [0, 0.05) is 17.0 Å². The van der Waals surface area contributed by atoms with Crippen molar-refractivity contribution in [2.24, 2.45) is 0 Å². The Balaban J connectivity index is 2.12. The Morgan fingerprint density at radius 3 is 2.79 bits per heavy atom. The fraction of sp³-hybridized carbons (Fsp3) is 0.429. The molecule has 0 fully saturated rings. The van der Waals surface area contributed by atoms with Crippen LogP contribution in [0.15, 0.2) is 35.4 Å². The zero-order valence-corrected chi connectivity index (χ0v) is 12.7. The topological polar surface area (TPSA) is 42.7 Å². The van der Waals surface area contributed by atoms with E-state index in [2.05, 4.69) is 54.8 Å². The molecule has 0 bridgehead atoms. The highest BCUT2D eigenvalue weighted by atomic mass is 32.2. The highest BCUT2D eigenvalue weighted by molar-refractivity contribution is 7.98. The van der Waals surface area contributed by atoms with Crippen LogP contribution in [0.4, 0.5) is 0 Å². The molecule has 102 valence electrons. The Hall–Kier alpha value is -1.33. The molecule has 5 heteroatoms. The maximum Gasteiger partial charge on any atom is 0.0969 e. The Morgan fingerprint density at radius 1 is 1.32 bits per heavy atom. The lowest BCUT2D eigenvalue weighted by molar-refractivity contribution is 0.421. The molecule has 4 nitrogen and oxygen atoms in total. The van der Waals surface area contributed by atoms with Crippen LogP contribution in [0, 0.1) is 0 Å². The minimum absolute atomic E-state index is 0.0859. The average Bonchev–Trinajstić information content (AvgIpc) is 2.84. The minimum Gasteiger partial charge on any atom is -0.306 e. The van der Waals surface area contributed by atoms with Gasteiger partial charge in [-0.25, -0.2) is 4.68 Å². The molecule has 0 radical (unpaired) electrons. The first-order valence-corrected chi connectivity index (χ1v) is 7.51. The van der Waals surface area contributed by atoms with E-state index in [1.54, 1.807) is 11.8 Å². The monoisotopic (exact) mass is 276 g/mol. The van der Waals surface area contributed by atoms with E-state index < -0.39 is 0 Å². The molecule has 1 aromatic carbocycles. The highest BCUT2D eigenvalue weighted by Gasteiger charge is 2.10. The number of hydrogen-bond acceptors (Lipinski definition) is 4. The van der Waals surface area contributed by atoms with Crippen molar-refractivity contribution < 1.29 is 0 Å². The zero-order valence-electron chi connectivity index (χ0n) is 11.8. The van der Waals surface area contributed by atoms with Gasteiger partial charge in [-0.05, 0) is 45.2 Å². The van der Waals surface area contributed by atoms with E-state index in [-0.39, 0.29) is 5.54 Å². The van der Waals surface area contributed by atoms with E-state index in [0.717, 1.165) is 17.9 Å². The largest absolute Gasteiger partial charge is 0.306 e. The molecular formula is C14H20N4S. The molecule has 0 aliphatic heterocycles. The van der Waals surface area contributed by atoms with E-state index in [9.17, 15) is 0 Å². The molecule has 0 atom stereocenters. The SMILES string of the molecule is CSc1cccc(-n2cc(CNC(C)(C)C)nn2)c1. The third kappa shape index (κ3) is 4.08. The van der Waals surface area contributed by atoms with E-state index in [0.29, 0.717) is 0 Å². The first-order chi connectivity index (χ1) is 8.98. The lowest BCUT2D eigenvalue weighted by Crippen LogP contribution is -2.35. The van der Waals surface area contributed by atoms with Crippen molar-refractivity contribution in [3.05, 3.63) is 36.2 Å². The van der Waals surface area contributed by atoms with E-state index in [4.69, 9.17) is 0 Å². The Labute approximate surface area is 118 Å². The standard InChI is InChI=1S/C14H20N4S/c1-14(2,3)15-9-11-10-18(17-16-11)12-6-5-7-13(8-12)19-4/h5-8,10,15H,9H2,1-4H3. The fourth-order valence-corrected chi connectivity index (χ4v) is 2.07. The van der Waals surface area contributed by atoms with Crippen molar-refractivity contribution in [2.45, 2.75) is 37.8 Å². The maximum absolute atomic E-state index is 4.19. The zero-order chi connectivity index (χ0) is 13.9. The predicted molar refractivity (Wildman–Crippen MR) is 79.7 cm³/mol. The smallest absolute Gasteiger partial charge is 0.0969 e. The summed E-state index contributed by atoms with van der Waals surface area (Å²) in [6.45, 7) is 7.14. The van der Waals surface area contributed by atoms with Crippen molar-refractivity contribution in [2.75, 3.05) is 6.26 Å². The van der Waals surface area contributed by atoms with Crippen molar-refractivity contribution in [3.63, 3.8) is 0 Å². The van der Waals surface area contributed by atoms with Gasteiger partial charge in [0.25, 0.3) is 0 Å². The Kier molecular flexibility index (Phi) is 4.27. The first-order valence-electron chi connectivity index (χ1n) is 6.28. The van der Waals surface area contributed by atoms with Gasteiger partial charge in [-0.2, -0.15) is 0 Å². The molecule has 1 N–H and O–H groups in total. The molecule has 0 saturated carbocycles. The summed E-state index contributed by atoms with van der Waals surface area (Å²) in [5, 5.41) is 11.8. The van der Waals surface area contributed by atoms with Gasteiger partial charge in [-0.3, -0.25) is 0 Å². The lowest BCUT2D eigenvalue weighted by Gasteiger charge is -2.19. The van der Waals surface area contributed by atoms with Gasteiger partial charge in [0.15, 0.2) is 0 Å². The van der Waals surface area contributed by atoms with Gasteiger partial charge < -0.3 is 5.32 Å². The van der Waals surface area contributed by atoms with Crippen LogP contribution in [-0.2, 0) is 6.54 Å². The van der Waals surface area contributed by atoms with E-state index in [1.807, 2.05) is 23.0 Å². The van der Waals surface area contributed by atoms with Crippen LogP contribution in [-0.4, -0.2) is 26.8 Å². The van der Waals surface area contributed by atoms with Crippen LogP contribution in [0.3, 0.4) is 0 Å². The van der Waals surface area contributed by atoms with E-state index in [1.165, 1.54) is 4.90 Å². The first kappa shape index (κ1) is 14.1. The Bertz CT molecular complexity index is 542. The fourth-order valence-electron chi connectivity index (χ4n) is 1.61. The van der Waals surface area contributed by atoms with Crippen molar-refractivity contribution in [3.8, 4) is 5.69 Å². The third-order valence-corrected chi connectivity index (χ3v) is 3.38. The molecular weight excluding hydrogens is 256 g/mol. The van der Waals surface area contributed by atoms with Gasteiger partial charge in [0.05, 0.1) is 17.6 Å². The molecule has 2 rings (SSSR count). The summed E-state index contributed by atoms with van der Waals surface area (Å²) in [4.78, 5) is 1.22. The minimum atomic E-state index is 0.0859. The number of aromatic nitrogens is 3. The summed E-state index contributed by atoms with van der Waals surface area (Å²) < 4.78 is 1.82. The van der Waals surface area contributed by atoms with Gasteiger partial charge in [0.2, 0.25) is 0 Å². The second-order valence-corrected chi connectivity index (χ2v) is 6.34. The molecule has 19 heavy (non-hydrogen) atoms. The second-order valence-electron chi connectivity index (χ2n) is 5.46. The van der Waals surface area contributed by atoms with Gasteiger partial charge in [-0.1, -0.05) is 11.3 Å². The number of nitrogens with zero attached hydrogens (tertiary/aromatic N) is 3. The van der Waals surface area contributed by atoms with Crippen LogP contribution in [0.25, 0.3) is 5.69 Å². The summed E-state index contributed by atoms with van der Waals surface area (Å²) in [6, 6.07) is 8.28. The lowest BCUT2D eigenvalue weighted by atomic mass is 10.1. The molecule has 0 saturated heterocycles. The van der Waals surface area contributed by atoms with Gasteiger partial charge >= 0.3 is 0 Å². The Morgan fingerprint density at radius 2 is 2.11 bits per heavy atom. The van der Waals surface area contributed by atoms with E-state index >= 15 is 0 Å². The average molecular weight is 276 g/mol. The summed E-state index contributed by atoms with van der Waals surface area (Å²) >= 11 is 1.72. The summed E-state index contributed by atoms with van der Waals surface area (Å²) in [5.41, 5.74) is 2.08. The van der Waals surface area contributed by atoms with Crippen LogP contribution >= 0.6 is 11.8 Å². The number of benzene rings is 1. The molecule has 0 aliphatic carbocycles. The van der Waals surface area contributed by atoms with Crippen molar-refractivity contribution in [1.29, 1.82) is 0 Å². The molecule has 2 aromatic rings. The van der Waals surface area contributed by atoms with Crippen molar-refractivity contribution in [1.82, 2.24) is 20.3 Å². The van der Waals surface area contributed by atoms with Crippen LogP contribution in [0.2, 0.25) is 0 Å². The van der Waals surface area contributed by atoms with Crippen LogP contribution in [0.1, 0.15) is 26.5 Å². The summed E-state index contributed by atoms with van der Waals surface area (Å²) in [5.74, 6) is 0.